The minimum Gasteiger partial charge on any atom is -0.444 e. The van der Waals surface area contributed by atoms with Crippen LogP contribution in [0.15, 0.2) is 129 Å². The van der Waals surface area contributed by atoms with Gasteiger partial charge in [0.25, 0.3) is 0 Å². The number of nitrogens with one attached hydrogen (secondary N) is 3. The number of nitrogens with two attached hydrogens (primary N) is 1. The Balaban J connectivity index is 0.000000348. The fourth-order valence-electron chi connectivity index (χ4n) is 9.85. The third-order valence-electron chi connectivity index (χ3n) is 18.1. The Kier molecular flexibility index (Phi) is 38.3. The first-order valence-electron chi connectivity index (χ1n) is 36.1. The Morgan fingerprint density at radius 3 is 1.12 bits per heavy atom. The van der Waals surface area contributed by atoms with Crippen molar-refractivity contribution in [1.29, 1.82) is 5.26 Å². The number of hydrogen-bond donors (Lipinski definition) is 4. The summed E-state index contributed by atoms with van der Waals surface area (Å²) in [7, 11) is -1.33. The highest BCUT2D eigenvalue weighted by Crippen LogP contribution is 2.43. The molecule has 3 amide bonds. The smallest absolute Gasteiger partial charge is 0.444 e. The molecule has 5 heterocycles. The molecule has 10 rings (SSSR count). The number of ether oxygens (including phenoxy) is 3. The summed E-state index contributed by atoms with van der Waals surface area (Å²) in [5, 5.41) is 17.6. The molecule has 3 aliphatic heterocycles. The van der Waals surface area contributed by atoms with Gasteiger partial charge in [0.05, 0.1) is 50.9 Å². The van der Waals surface area contributed by atoms with Crippen LogP contribution in [0, 0.1) is 45.9 Å². The van der Waals surface area contributed by atoms with Crippen molar-refractivity contribution in [3.05, 3.63) is 200 Å². The Hall–Kier alpha value is -5.93. The Morgan fingerprint density at radius 2 is 0.795 bits per heavy atom. The minimum atomic E-state index is -0.505. The average Bonchev–Trinajstić information content (AvgIpc) is 1.62. The van der Waals surface area contributed by atoms with E-state index >= 15 is 0 Å². The Bertz CT molecular complexity index is 4230. The predicted octanol–water partition coefficient (Wildman–Crippen LogP) is 20.5. The maximum atomic E-state index is 11.8. The summed E-state index contributed by atoms with van der Waals surface area (Å²) in [5.74, 6) is 0. The van der Waals surface area contributed by atoms with E-state index in [4.69, 9.17) is 87.9 Å². The maximum Gasteiger partial charge on any atom is 0.494 e. The molecule has 112 heavy (non-hydrogen) atoms. The zero-order chi connectivity index (χ0) is 84.2. The zero-order valence-corrected chi connectivity index (χ0v) is 77.3. The van der Waals surface area contributed by atoms with Crippen molar-refractivity contribution in [3.63, 3.8) is 0 Å². The van der Waals surface area contributed by atoms with Crippen LogP contribution in [0.3, 0.4) is 0 Å². The molecule has 0 atom stereocenters. The number of hydrogen-bond acceptors (Lipinski definition) is 18. The van der Waals surface area contributed by atoms with Gasteiger partial charge in [0.15, 0.2) is 0 Å². The monoisotopic (exact) mass is 1810 g/mol. The van der Waals surface area contributed by atoms with Crippen molar-refractivity contribution >= 4 is 140 Å². The van der Waals surface area contributed by atoms with Crippen LogP contribution in [0.1, 0.15) is 201 Å². The fraction of sp³-hybridized carbons (Fsp3) is 0.481. The lowest BCUT2D eigenvalue weighted by Gasteiger charge is -2.32. The highest BCUT2D eigenvalue weighted by atomic mass is 79.9. The second-order valence-corrected chi connectivity index (χ2v) is 36.3. The highest BCUT2D eigenvalue weighted by Gasteiger charge is 2.64. The van der Waals surface area contributed by atoms with Crippen molar-refractivity contribution < 1.29 is 56.5 Å². The van der Waals surface area contributed by atoms with Crippen LogP contribution in [0.5, 0.6) is 0 Å². The molecular weight excluding hydrogens is 1700 g/mol. The summed E-state index contributed by atoms with van der Waals surface area (Å²) in [6.45, 7) is 52.9. The molecule has 0 unspecified atom stereocenters. The molecule has 0 spiro atoms. The second kappa shape index (κ2) is 42.8. The van der Waals surface area contributed by atoms with Gasteiger partial charge in [0, 0.05) is 57.6 Å². The van der Waals surface area contributed by atoms with Crippen LogP contribution in [-0.4, -0.2) is 110 Å². The topological polar surface area (TPSA) is 272 Å². The molecule has 5 aromatic carbocycles. The summed E-state index contributed by atoms with van der Waals surface area (Å²) in [6, 6.07) is 35.1. The molecule has 3 aliphatic rings. The number of alkyl carbamates (subject to hydrolysis) is 3. The van der Waals surface area contributed by atoms with Gasteiger partial charge in [-0.1, -0.05) is 102 Å². The van der Waals surface area contributed by atoms with Gasteiger partial charge in [-0.2, -0.15) is 5.26 Å². The van der Waals surface area contributed by atoms with Crippen LogP contribution in [0.2, 0.25) is 15.7 Å². The van der Waals surface area contributed by atoms with Gasteiger partial charge < -0.3 is 63.8 Å². The number of benzene rings is 5. The lowest BCUT2D eigenvalue weighted by atomic mass is 9.49. The first-order chi connectivity index (χ1) is 51.0. The van der Waals surface area contributed by atoms with Crippen molar-refractivity contribution in [2.24, 2.45) is 5.73 Å². The van der Waals surface area contributed by atoms with E-state index in [1.165, 1.54) is 17.3 Å². The average molecular weight is 1820 g/mol. The van der Waals surface area contributed by atoms with Gasteiger partial charge in [-0.25, -0.2) is 34.3 Å². The van der Waals surface area contributed by atoms with E-state index in [-0.39, 0.29) is 69.8 Å². The summed E-state index contributed by atoms with van der Waals surface area (Å²) in [6.07, 6.45) is 1.89. The molecule has 0 aliphatic carbocycles. The number of carbonyl (C=O) groups is 3. The quantitative estimate of drug-likeness (QED) is 0.0429. The van der Waals surface area contributed by atoms with Crippen LogP contribution >= 0.6 is 95.0 Å². The van der Waals surface area contributed by atoms with Gasteiger partial charge in [-0.3, -0.25) is 0 Å². The largest absolute Gasteiger partial charge is 0.494 e. The number of aromatic nitrogens is 4. The van der Waals surface area contributed by atoms with Crippen LogP contribution < -0.4 is 27.1 Å². The number of amides is 3. The van der Waals surface area contributed by atoms with E-state index < -0.39 is 43.0 Å². The molecule has 5 N–H and O–H groups in total. The second-order valence-electron chi connectivity index (χ2n) is 32.5. The van der Waals surface area contributed by atoms with Crippen molar-refractivity contribution in [2.75, 3.05) is 0 Å². The molecule has 3 saturated heterocycles. The predicted molar refractivity (Wildman–Crippen MR) is 464 cm³/mol. The van der Waals surface area contributed by atoms with E-state index in [0.29, 0.717) is 31.3 Å². The Morgan fingerprint density at radius 1 is 0.464 bits per heavy atom. The molecular formula is C81H111B3Br3Cl4N9O12. The zero-order valence-electron chi connectivity index (χ0n) is 69.4. The first kappa shape index (κ1) is 100. The first-order valence-corrected chi connectivity index (χ1v) is 39.6. The van der Waals surface area contributed by atoms with Gasteiger partial charge in [-0.15, -0.1) is 12.4 Å². The van der Waals surface area contributed by atoms with Gasteiger partial charge in [0.2, 0.25) is 10.6 Å². The van der Waals surface area contributed by atoms with Gasteiger partial charge in [-0.05, 0) is 319 Å². The van der Waals surface area contributed by atoms with E-state index in [2.05, 4.69) is 103 Å². The normalized spacial score (nSPS) is 15.7. The molecule has 2 aromatic heterocycles. The molecule has 21 nitrogen and oxygen atoms in total. The molecule has 0 saturated carbocycles. The van der Waals surface area contributed by atoms with Crippen molar-refractivity contribution in [1.82, 2.24) is 35.9 Å². The van der Waals surface area contributed by atoms with E-state index in [9.17, 15) is 14.4 Å². The summed E-state index contributed by atoms with van der Waals surface area (Å²) in [4.78, 5) is 50.2. The number of rotatable bonds is 10. The molecule has 610 valence electrons. The number of halogens is 7. The molecule has 0 bridgehead atoms. The van der Waals surface area contributed by atoms with Gasteiger partial charge in [0.1, 0.15) is 22.0 Å². The Labute approximate surface area is 712 Å². The third-order valence-corrected chi connectivity index (χ3v) is 20.2. The number of carbonyl (C=O) groups excluding carboxylic acids is 3. The van der Waals surface area contributed by atoms with Crippen molar-refractivity contribution in [2.45, 2.75) is 257 Å². The number of nitriles is 1. The van der Waals surface area contributed by atoms with E-state index in [1.54, 1.807) is 24.4 Å². The standard InChI is InChI=1S/C19H30BNO4.C17H20ClN3O2.C13H18BrNO2.C12H24B2O4.C8H10BrN.C8H6BrN.C4H2Cl2N2.ClH/c1-13-11-15(20-24-18(5,6)19(7,8)25-20)10-9-14(13)12-21-16(22)23-17(2,3)4;1-11-9-12(14-7-8-19-15(18)21-14)5-6-13(11)10-20-16(22)23-17(2,3)4;1-9-7-11(14)6-5-10(9)8-15-12(16)17-13(2,3)4;1-9(2)10(3,4)16-13(15-9)14-17-11(5,6)12(7,8)18-14;2*1-6-4-8(9)3-2-7(6)5-10;5-3-1-2-7-4(6)8-3;/h9-11H,12H2,1-8H3,(H,21,22);5-9H,10H2,1-4H3,(H,20,22);5-7H,8H2,1-4H3,(H,15,16);1-8H3;2-4H,5,10H2,1H3;2-4H,1H3;1-2H;1H. The molecule has 0 radical (unpaired) electrons. The molecule has 3 fully saturated rings. The SMILES string of the molecule is CC1(C)OB(B2OC(C)(C)C(C)(C)O2)OC1(C)C.Cc1cc(-c2ccnc(Cl)n2)ccc1CNC(=O)OC(C)(C)C.Cc1cc(B2OC(C)(C)C(C)(C)O2)ccc1CNC(=O)OC(C)(C)C.Cc1cc(Br)ccc1C#N.Cc1cc(Br)ccc1CN.Cc1cc(Br)ccc1CNC(=O)OC(C)(C)C.Cl.Clc1ccnc(Cl)n1. The third kappa shape index (κ3) is 33.4. The van der Waals surface area contributed by atoms with E-state index in [1.807, 2.05) is 252 Å². The summed E-state index contributed by atoms with van der Waals surface area (Å²) in [5.41, 5.74) is 15.2. The van der Waals surface area contributed by atoms with E-state index in [0.717, 1.165) is 74.6 Å². The lowest BCUT2D eigenvalue weighted by molar-refractivity contribution is 0.00578. The maximum absolute atomic E-state index is 11.8. The van der Waals surface area contributed by atoms with Crippen molar-refractivity contribution in [3.8, 4) is 17.3 Å². The molecule has 7 aromatic rings. The van der Waals surface area contributed by atoms with Crippen LogP contribution in [0.4, 0.5) is 14.4 Å². The highest BCUT2D eigenvalue weighted by molar-refractivity contribution is 9.11. The van der Waals surface area contributed by atoms with Gasteiger partial charge >= 0.3 is 39.4 Å². The summed E-state index contributed by atoms with van der Waals surface area (Å²) >= 11 is 26.7. The fourth-order valence-corrected chi connectivity index (χ4v) is 11.8. The molecule has 31 heteroatoms. The number of nitrogens with zero attached hydrogens (tertiary/aromatic N) is 5. The van der Waals surface area contributed by atoms with Crippen LogP contribution in [-0.2, 0) is 68.3 Å². The lowest BCUT2D eigenvalue weighted by Crippen LogP contribution is -2.41. The van der Waals surface area contributed by atoms with Crippen LogP contribution in [0.25, 0.3) is 11.3 Å². The number of aryl methyl sites for hydroxylation is 5. The summed E-state index contributed by atoms with van der Waals surface area (Å²) < 4.78 is 54.8. The minimum absolute atomic E-state index is 0.